The number of hydrogen-bond acceptors (Lipinski definition) is 6. The molecule has 1 atom stereocenters. The number of rotatable bonds is 7. The van der Waals surface area contributed by atoms with Gasteiger partial charge in [-0.3, -0.25) is 0 Å². The summed E-state index contributed by atoms with van der Waals surface area (Å²) in [5, 5.41) is 14.2. The van der Waals surface area contributed by atoms with Crippen molar-refractivity contribution < 1.29 is 13.9 Å². The molecule has 0 bridgehead atoms. The summed E-state index contributed by atoms with van der Waals surface area (Å²) in [6.45, 7) is 7.70. The number of aryl methyl sites for hydroxylation is 1. The lowest BCUT2D eigenvalue weighted by Gasteiger charge is -2.35. The summed E-state index contributed by atoms with van der Waals surface area (Å²) in [7, 11) is 0. The van der Waals surface area contributed by atoms with Crippen LogP contribution in [0.3, 0.4) is 0 Å². The second-order valence-corrected chi connectivity index (χ2v) is 9.35. The van der Waals surface area contributed by atoms with Crippen LogP contribution < -0.4 is 10.6 Å². The van der Waals surface area contributed by atoms with E-state index in [0.29, 0.717) is 29.1 Å². The molecular formula is C22H28ClFN8O2. The molecule has 182 valence electrons. The van der Waals surface area contributed by atoms with E-state index in [1.54, 1.807) is 13.0 Å². The van der Waals surface area contributed by atoms with E-state index in [-0.39, 0.29) is 23.7 Å². The zero-order valence-electron chi connectivity index (χ0n) is 19.4. The number of hydrogen-bond donors (Lipinski definition) is 2. The van der Waals surface area contributed by atoms with E-state index >= 15 is 0 Å². The van der Waals surface area contributed by atoms with Gasteiger partial charge in [-0.15, -0.1) is 0 Å². The van der Waals surface area contributed by atoms with Crippen LogP contribution in [0.4, 0.5) is 9.18 Å². The smallest absolute Gasteiger partial charge is 0.315 e. The second-order valence-electron chi connectivity index (χ2n) is 8.95. The van der Waals surface area contributed by atoms with Gasteiger partial charge in [0.05, 0.1) is 29.4 Å². The van der Waals surface area contributed by atoms with E-state index in [1.165, 1.54) is 23.1 Å². The number of nitrogens with one attached hydrogen (secondary N) is 2. The number of carbonyl (C=O) groups excluding carboxylic acids is 1. The summed E-state index contributed by atoms with van der Waals surface area (Å²) >= 11 is 5.77. The second kappa shape index (κ2) is 10.1. The molecular weight excluding hydrogens is 463 g/mol. The van der Waals surface area contributed by atoms with Crippen molar-refractivity contribution in [1.29, 1.82) is 0 Å². The molecule has 0 spiro atoms. The first kappa shape index (κ1) is 24.1. The van der Waals surface area contributed by atoms with Gasteiger partial charge in [-0.2, -0.15) is 10.2 Å². The number of urea groups is 1. The van der Waals surface area contributed by atoms with Crippen LogP contribution in [-0.4, -0.2) is 47.8 Å². The van der Waals surface area contributed by atoms with E-state index in [0.717, 1.165) is 26.0 Å². The minimum Gasteiger partial charge on any atom is -0.376 e. The molecule has 12 heteroatoms. The highest BCUT2D eigenvalue weighted by atomic mass is 35.5. The molecule has 1 aliphatic heterocycles. The standard InChI is InChI=1S/C22H28ClFN8O2/c1-14-29-20(32(30-14)16-4-5-17(23)18(24)8-16)11-26-21(33)25-10-19-27-13-28-31(19)12-15-6-7-34-22(2,3)9-15/h4-5,8,13,15H,6-7,9-12H2,1-3H3,(H2,25,26,33). The van der Waals surface area contributed by atoms with Crippen molar-refractivity contribution in [2.24, 2.45) is 5.92 Å². The summed E-state index contributed by atoms with van der Waals surface area (Å²) in [5.74, 6) is 1.51. The van der Waals surface area contributed by atoms with Crippen molar-refractivity contribution in [2.75, 3.05) is 6.61 Å². The minimum absolute atomic E-state index is 0.0213. The van der Waals surface area contributed by atoms with Crippen LogP contribution in [0, 0.1) is 18.7 Å². The summed E-state index contributed by atoms with van der Waals surface area (Å²) in [4.78, 5) is 21.0. The van der Waals surface area contributed by atoms with Gasteiger partial charge in [0.1, 0.15) is 23.8 Å². The molecule has 34 heavy (non-hydrogen) atoms. The van der Waals surface area contributed by atoms with Gasteiger partial charge < -0.3 is 15.4 Å². The fourth-order valence-electron chi connectivity index (χ4n) is 4.11. The van der Waals surface area contributed by atoms with Gasteiger partial charge in [0.15, 0.2) is 5.82 Å². The topological polar surface area (TPSA) is 112 Å². The molecule has 2 amide bonds. The average molecular weight is 491 g/mol. The van der Waals surface area contributed by atoms with Gasteiger partial charge in [0.2, 0.25) is 0 Å². The lowest BCUT2D eigenvalue weighted by molar-refractivity contribution is -0.0754. The average Bonchev–Trinajstić information content (AvgIpc) is 3.37. The molecule has 2 aromatic heterocycles. The van der Waals surface area contributed by atoms with E-state index in [9.17, 15) is 9.18 Å². The molecule has 1 aromatic carbocycles. The predicted octanol–water partition coefficient (Wildman–Crippen LogP) is 3.16. The Hall–Kier alpha value is -3.05. The van der Waals surface area contributed by atoms with Crippen molar-refractivity contribution in [2.45, 2.75) is 58.8 Å². The molecule has 1 saturated heterocycles. The third-order valence-electron chi connectivity index (χ3n) is 5.67. The van der Waals surface area contributed by atoms with Crippen molar-refractivity contribution in [3.05, 3.63) is 52.8 Å². The Morgan fingerprint density at radius 1 is 1.29 bits per heavy atom. The molecule has 0 saturated carbocycles. The van der Waals surface area contributed by atoms with E-state index in [1.807, 2.05) is 4.68 Å². The third-order valence-corrected chi connectivity index (χ3v) is 5.97. The van der Waals surface area contributed by atoms with E-state index in [2.05, 4.69) is 44.6 Å². The van der Waals surface area contributed by atoms with Crippen molar-refractivity contribution in [3.63, 3.8) is 0 Å². The maximum absolute atomic E-state index is 13.9. The predicted molar refractivity (Wildman–Crippen MR) is 123 cm³/mol. The monoisotopic (exact) mass is 490 g/mol. The van der Waals surface area contributed by atoms with Crippen LogP contribution in [0.2, 0.25) is 5.02 Å². The van der Waals surface area contributed by atoms with Gasteiger partial charge in [-0.1, -0.05) is 11.6 Å². The SMILES string of the molecule is Cc1nc(CNC(=O)NCc2ncnn2CC2CCOC(C)(C)C2)n(-c2ccc(Cl)c(F)c2)n1. The van der Waals surface area contributed by atoms with Crippen LogP contribution in [0.5, 0.6) is 0 Å². The molecule has 10 nitrogen and oxygen atoms in total. The van der Waals surface area contributed by atoms with Crippen LogP contribution in [-0.2, 0) is 24.4 Å². The molecule has 1 aliphatic rings. The maximum Gasteiger partial charge on any atom is 0.315 e. The number of ether oxygens (including phenoxy) is 1. The van der Waals surface area contributed by atoms with Crippen LogP contribution in [0.25, 0.3) is 5.69 Å². The zero-order chi connectivity index (χ0) is 24.3. The lowest BCUT2D eigenvalue weighted by atomic mass is 9.88. The Balaban J connectivity index is 1.32. The lowest BCUT2D eigenvalue weighted by Crippen LogP contribution is -2.37. The van der Waals surface area contributed by atoms with Crippen LogP contribution >= 0.6 is 11.6 Å². The van der Waals surface area contributed by atoms with Gasteiger partial charge in [0, 0.05) is 19.2 Å². The number of carbonyl (C=O) groups is 1. The molecule has 0 radical (unpaired) electrons. The van der Waals surface area contributed by atoms with Gasteiger partial charge >= 0.3 is 6.03 Å². The van der Waals surface area contributed by atoms with Gasteiger partial charge in [-0.05, 0) is 51.7 Å². The van der Waals surface area contributed by atoms with E-state index < -0.39 is 11.8 Å². The number of aromatic nitrogens is 6. The third kappa shape index (κ3) is 5.89. The van der Waals surface area contributed by atoms with Crippen LogP contribution in [0.15, 0.2) is 24.5 Å². The highest BCUT2D eigenvalue weighted by Crippen LogP contribution is 2.29. The minimum atomic E-state index is -0.558. The van der Waals surface area contributed by atoms with Gasteiger partial charge in [-0.25, -0.2) is 28.5 Å². The van der Waals surface area contributed by atoms with E-state index in [4.69, 9.17) is 16.3 Å². The Kier molecular flexibility index (Phi) is 7.13. The Labute approximate surface area is 201 Å². The molecule has 3 aromatic rings. The Morgan fingerprint density at radius 3 is 2.79 bits per heavy atom. The first-order valence-electron chi connectivity index (χ1n) is 11.1. The highest BCUT2D eigenvalue weighted by molar-refractivity contribution is 6.30. The fraction of sp³-hybridized carbons (Fsp3) is 0.500. The number of nitrogens with zero attached hydrogens (tertiary/aromatic N) is 6. The number of benzene rings is 1. The zero-order valence-corrected chi connectivity index (χ0v) is 20.1. The van der Waals surface area contributed by atoms with Crippen molar-refractivity contribution in [3.8, 4) is 5.69 Å². The number of amides is 2. The summed E-state index contributed by atoms with van der Waals surface area (Å²) in [6.07, 6.45) is 3.40. The largest absolute Gasteiger partial charge is 0.376 e. The summed E-state index contributed by atoms with van der Waals surface area (Å²) in [5.41, 5.74) is 0.322. The highest BCUT2D eigenvalue weighted by Gasteiger charge is 2.29. The maximum atomic E-state index is 13.9. The molecule has 1 unspecified atom stereocenters. The van der Waals surface area contributed by atoms with Crippen molar-refractivity contribution >= 4 is 17.6 Å². The Bertz CT molecular complexity index is 1160. The van der Waals surface area contributed by atoms with Crippen molar-refractivity contribution in [1.82, 2.24) is 40.2 Å². The normalized spacial score (nSPS) is 17.5. The van der Waals surface area contributed by atoms with Gasteiger partial charge in [0.25, 0.3) is 0 Å². The molecule has 0 aliphatic carbocycles. The number of halogens is 2. The summed E-state index contributed by atoms with van der Waals surface area (Å²) < 4.78 is 23.0. The molecule has 4 rings (SSSR count). The summed E-state index contributed by atoms with van der Waals surface area (Å²) in [6, 6.07) is 3.96. The molecule has 1 fully saturated rings. The van der Waals surface area contributed by atoms with Crippen LogP contribution in [0.1, 0.15) is 44.2 Å². The molecule has 2 N–H and O–H groups in total. The first-order valence-corrected chi connectivity index (χ1v) is 11.5. The first-order chi connectivity index (χ1) is 16.2. The quantitative estimate of drug-likeness (QED) is 0.526. The fourth-order valence-corrected chi connectivity index (χ4v) is 4.23. The Morgan fingerprint density at radius 2 is 2.06 bits per heavy atom. The molecule has 3 heterocycles.